The molecule has 1 aromatic carbocycles. The highest BCUT2D eigenvalue weighted by atomic mass is 79.9. The molecule has 2 heteroatoms. The maximum absolute atomic E-state index is 5.14. The van der Waals surface area contributed by atoms with E-state index < -0.39 is 0 Å². The van der Waals surface area contributed by atoms with E-state index >= 15 is 0 Å². The molecule has 0 heterocycles. The monoisotopic (exact) mass is 258 g/mol. The van der Waals surface area contributed by atoms with Crippen LogP contribution in [0.15, 0.2) is 18.2 Å². The van der Waals surface area contributed by atoms with Crippen molar-refractivity contribution in [1.29, 1.82) is 0 Å². The summed E-state index contributed by atoms with van der Waals surface area (Å²) in [6.07, 6.45) is 1.06. The van der Waals surface area contributed by atoms with Crippen LogP contribution >= 0.6 is 15.9 Å². The van der Waals surface area contributed by atoms with Gasteiger partial charge in [-0.2, -0.15) is 0 Å². The number of ether oxygens (including phenoxy) is 1. The largest absolute Gasteiger partial charge is 0.497 e. The van der Waals surface area contributed by atoms with Crippen molar-refractivity contribution in [2.24, 2.45) is 0 Å². The SMILES string of the molecule is CC.COc1ccc(C)c(CCBr)c1. The third-order valence-corrected chi connectivity index (χ3v) is 2.32. The van der Waals surface area contributed by atoms with Gasteiger partial charge < -0.3 is 4.74 Å². The Bertz CT molecular complexity index is 258. The van der Waals surface area contributed by atoms with E-state index in [1.807, 2.05) is 19.9 Å². The Morgan fingerprint density at radius 2 is 1.93 bits per heavy atom. The third-order valence-electron chi connectivity index (χ3n) is 1.92. The van der Waals surface area contributed by atoms with Crippen LogP contribution in [-0.2, 0) is 6.42 Å². The van der Waals surface area contributed by atoms with Crippen LogP contribution in [0.1, 0.15) is 25.0 Å². The second-order valence-electron chi connectivity index (χ2n) is 2.73. The van der Waals surface area contributed by atoms with Crippen LogP contribution in [0.2, 0.25) is 0 Å². The van der Waals surface area contributed by atoms with Crippen LogP contribution in [0.3, 0.4) is 0 Å². The molecule has 1 aromatic rings. The molecule has 0 spiro atoms. The van der Waals surface area contributed by atoms with Gasteiger partial charge in [-0.15, -0.1) is 0 Å². The molecule has 0 aliphatic heterocycles. The van der Waals surface area contributed by atoms with Gasteiger partial charge in [0.2, 0.25) is 0 Å². The predicted octanol–water partition coefficient (Wildman–Crippen LogP) is 3.97. The molecule has 0 N–H and O–H groups in total. The fraction of sp³-hybridized carbons (Fsp3) is 0.500. The molecule has 0 saturated heterocycles. The van der Waals surface area contributed by atoms with Crippen LogP contribution in [0.5, 0.6) is 5.75 Å². The zero-order valence-electron chi connectivity index (χ0n) is 9.43. The minimum absolute atomic E-state index is 0.941. The van der Waals surface area contributed by atoms with Gasteiger partial charge in [0.05, 0.1) is 7.11 Å². The topological polar surface area (TPSA) is 9.23 Å². The number of aryl methyl sites for hydroxylation is 2. The Labute approximate surface area is 95.6 Å². The van der Waals surface area contributed by atoms with E-state index in [-0.39, 0.29) is 0 Å². The average Bonchev–Trinajstić information content (AvgIpc) is 2.24. The van der Waals surface area contributed by atoms with Crippen molar-refractivity contribution >= 4 is 15.9 Å². The molecule has 1 rings (SSSR count). The zero-order valence-corrected chi connectivity index (χ0v) is 11.0. The summed E-state index contributed by atoms with van der Waals surface area (Å²) in [4.78, 5) is 0. The maximum atomic E-state index is 5.14. The molecule has 1 nitrogen and oxygen atoms in total. The van der Waals surface area contributed by atoms with E-state index in [2.05, 4.69) is 35.0 Å². The fourth-order valence-electron chi connectivity index (χ4n) is 1.15. The first-order valence-corrected chi connectivity index (χ1v) is 6.09. The molecule has 0 saturated carbocycles. The number of alkyl halides is 1. The number of benzene rings is 1. The lowest BCUT2D eigenvalue weighted by atomic mass is 10.1. The van der Waals surface area contributed by atoms with E-state index in [4.69, 9.17) is 4.74 Å². The molecule has 0 aliphatic rings. The summed E-state index contributed by atoms with van der Waals surface area (Å²) in [5.41, 5.74) is 2.68. The first-order chi connectivity index (χ1) is 6.77. The van der Waals surface area contributed by atoms with Crippen molar-refractivity contribution in [1.82, 2.24) is 0 Å². The van der Waals surface area contributed by atoms with Crippen LogP contribution in [0, 0.1) is 6.92 Å². The van der Waals surface area contributed by atoms with Crippen molar-refractivity contribution in [2.75, 3.05) is 12.4 Å². The molecule has 0 radical (unpaired) electrons. The fourth-order valence-corrected chi connectivity index (χ4v) is 1.57. The van der Waals surface area contributed by atoms with Crippen molar-refractivity contribution in [3.8, 4) is 5.75 Å². The Hall–Kier alpha value is -0.500. The van der Waals surface area contributed by atoms with Gasteiger partial charge in [0.25, 0.3) is 0 Å². The van der Waals surface area contributed by atoms with Gasteiger partial charge in [-0.1, -0.05) is 35.8 Å². The molecule has 0 atom stereocenters. The second-order valence-corrected chi connectivity index (χ2v) is 3.52. The lowest BCUT2D eigenvalue weighted by Crippen LogP contribution is -1.92. The molecule has 0 aliphatic carbocycles. The van der Waals surface area contributed by atoms with Gasteiger partial charge >= 0.3 is 0 Å². The number of methoxy groups -OCH3 is 1. The highest BCUT2D eigenvalue weighted by Gasteiger charge is 1.98. The Morgan fingerprint density at radius 1 is 1.29 bits per heavy atom. The third kappa shape index (κ3) is 4.14. The summed E-state index contributed by atoms with van der Waals surface area (Å²) in [5.74, 6) is 0.941. The Balaban J connectivity index is 0.000000791. The smallest absolute Gasteiger partial charge is 0.119 e. The van der Waals surface area contributed by atoms with E-state index in [1.165, 1.54) is 11.1 Å². The van der Waals surface area contributed by atoms with E-state index in [1.54, 1.807) is 7.11 Å². The Morgan fingerprint density at radius 3 is 2.43 bits per heavy atom. The minimum atomic E-state index is 0.941. The molecule has 14 heavy (non-hydrogen) atoms. The molecule has 80 valence electrons. The van der Waals surface area contributed by atoms with Crippen LogP contribution in [0.25, 0.3) is 0 Å². The number of hydrogen-bond donors (Lipinski definition) is 0. The molecule has 0 fully saturated rings. The number of rotatable bonds is 3. The van der Waals surface area contributed by atoms with Crippen LogP contribution < -0.4 is 4.74 Å². The molecule has 0 bridgehead atoms. The molecule has 0 amide bonds. The number of hydrogen-bond acceptors (Lipinski definition) is 1. The van der Waals surface area contributed by atoms with Gasteiger partial charge in [0, 0.05) is 5.33 Å². The summed E-state index contributed by atoms with van der Waals surface area (Å²) in [5, 5.41) is 1.00. The van der Waals surface area contributed by atoms with Crippen molar-refractivity contribution < 1.29 is 4.74 Å². The normalized spacial score (nSPS) is 8.93. The number of halogens is 1. The molecular weight excluding hydrogens is 240 g/mol. The summed E-state index contributed by atoms with van der Waals surface area (Å²) in [6, 6.07) is 6.18. The average molecular weight is 259 g/mol. The van der Waals surface area contributed by atoms with Gasteiger partial charge in [0.15, 0.2) is 0 Å². The maximum Gasteiger partial charge on any atom is 0.119 e. The minimum Gasteiger partial charge on any atom is -0.497 e. The first kappa shape index (κ1) is 13.5. The first-order valence-electron chi connectivity index (χ1n) is 4.97. The van der Waals surface area contributed by atoms with E-state index in [0.29, 0.717) is 0 Å². The summed E-state index contributed by atoms with van der Waals surface area (Å²) in [6.45, 7) is 6.12. The van der Waals surface area contributed by atoms with Gasteiger partial charge in [-0.3, -0.25) is 0 Å². The van der Waals surface area contributed by atoms with E-state index in [9.17, 15) is 0 Å². The summed E-state index contributed by atoms with van der Waals surface area (Å²) < 4.78 is 5.14. The Kier molecular flexibility index (Phi) is 7.58. The van der Waals surface area contributed by atoms with Crippen molar-refractivity contribution in [3.05, 3.63) is 29.3 Å². The van der Waals surface area contributed by atoms with Crippen molar-refractivity contribution in [3.63, 3.8) is 0 Å². The van der Waals surface area contributed by atoms with Crippen molar-refractivity contribution in [2.45, 2.75) is 27.2 Å². The lowest BCUT2D eigenvalue weighted by Gasteiger charge is -2.06. The highest BCUT2D eigenvalue weighted by Crippen LogP contribution is 2.17. The highest BCUT2D eigenvalue weighted by molar-refractivity contribution is 9.09. The lowest BCUT2D eigenvalue weighted by molar-refractivity contribution is 0.414. The van der Waals surface area contributed by atoms with Gasteiger partial charge in [-0.25, -0.2) is 0 Å². The summed E-state index contributed by atoms with van der Waals surface area (Å²) >= 11 is 3.43. The molecule has 0 aromatic heterocycles. The van der Waals surface area contributed by atoms with Gasteiger partial charge in [-0.05, 0) is 36.6 Å². The predicted molar refractivity (Wildman–Crippen MR) is 66.6 cm³/mol. The van der Waals surface area contributed by atoms with Crippen LogP contribution in [0.4, 0.5) is 0 Å². The second kappa shape index (κ2) is 7.86. The summed E-state index contributed by atoms with van der Waals surface area (Å²) in [7, 11) is 1.70. The molecular formula is C12H19BrO. The zero-order chi connectivity index (χ0) is 11.0. The van der Waals surface area contributed by atoms with Crippen LogP contribution in [-0.4, -0.2) is 12.4 Å². The quantitative estimate of drug-likeness (QED) is 0.746. The van der Waals surface area contributed by atoms with E-state index in [0.717, 1.165) is 17.5 Å². The van der Waals surface area contributed by atoms with Gasteiger partial charge in [0.1, 0.15) is 5.75 Å². The molecule has 0 unspecified atom stereocenters. The standard InChI is InChI=1S/C10H13BrO.C2H6/c1-8-3-4-10(12-2)7-9(8)5-6-11;1-2/h3-4,7H,5-6H2,1-2H3;1-2H3.